The van der Waals surface area contributed by atoms with Crippen LogP contribution >= 0.6 is 11.3 Å². The molecule has 4 heterocycles. The Balaban J connectivity index is 1.77. The maximum atomic E-state index is 6.02. The zero-order valence-corrected chi connectivity index (χ0v) is 13.4. The molecule has 0 radical (unpaired) electrons. The number of nitrogen functional groups attached to an aromatic ring is 1. The lowest BCUT2D eigenvalue weighted by atomic mass is 9.89. The fraction of sp³-hybridized carbons (Fsp3) is 0.375. The standard InChI is InChI=1S/C16H19N5S/c1-21-7-3-10(4-8-21)11-2-6-18-15-13(11)19-16(20-15)14-12(17)5-9-22-14/h2,5-6,9-10H,3-4,7-8,17H2,1H3,(H,18,19,20). The van der Waals surface area contributed by atoms with E-state index >= 15 is 0 Å². The highest BCUT2D eigenvalue weighted by atomic mass is 32.1. The summed E-state index contributed by atoms with van der Waals surface area (Å²) in [7, 11) is 2.19. The van der Waals surface area contributed by atoms with Gasteiger partial charge in [-0.25, -0.2) is 9.97 Å². The summed E-state index contributed by atoms with van der Waals surface area (Å²) in [5, 5.41) is 1.99. The first-order valence-corrected chi connectivity index (χ1v) is 8.47. The van der Waals surface area contributed by atoms with E-state index < -0.39 is 0 Å². The average molecular weight is 313 g/mol. The highest BCUT2D eigenvalue weighted by Crippen LogP contribution is 2.34. The van der Waals surface area contributed by atoms with E-state index in [1.165, 1.54) is 18.4 Å². The number of nitrogens with zero attached hydrogens (tertiary/aromatic N) is 3. The van der Waals surface area contributed by atoms with Gasteiger partial charge in [-0.15, -0.1) is 11.3 Å². The molecule has 5 nitrogen and oxygen atoms in total. The lowest BCUT2D eigenvalue weighted by Gasteiger charge is -2.29. The van der Waals surface area contributed by atoms with Crippen LogP contribution in [0.5, 0.6) is 0 Å². The van der Waals surface area contributed by atoms with Crippen molar-refractivity contribution in [1.29, 1.82) is 0 Å². The van der Waals surface area contributed by atoms with Crippen molar-refractivity contribution in [2.45, 2.75) is 18.8 Å². The van der Waals surface area contributed by atoms with E-state index in [1.807, 2.05) is 17.6 Å². The first-order valence-electron chi connectivity index (χ1n) is 7.59. The molecule has 0 unspecified atom stereocenters. The fourth-order valence-corrected chi connectivity index (χ4v) is 3.97. The number of aromatic nitrogens is 3. The molecule has 3 N–H and O–H groups in total. The predicted octanol–water partition coefficient (Wildman–Crippen LogP) is 3.08. The summed E-state index contributed by atoms with van der Waals surface area (Å²) in [4.78, 5) is 15.9. The Morgan fingerprint density at radius 3 is 2.86 bits per heavy atom. The minimum Gasteiger partial charge on any atom is -0.397 e. The second-order valence-electron chi connectivity index (χ2n) is 5.97. The molecule has 0 atom stereocenters. The van der Waals surface area contributed by atoms with E-state index in [-0.39, 0.29) is 0 Å². The van der Waals surface area contributed by atoms with Crippen LogP contribution in [0.15, 0.2) is 23.7 Å². The molecule has 0 saturated carbocycles. The lowest BCUT2D eigenvalue weighted by molar-refractivity contribution is 0.256. The number of pyridine rings is 1. The Hall–Kier alpha value is -1.92. The quantitative estimate of drug-likeness (QED) is 0.763. The van der Waals surface area contributed by atoms with Crippen molar-refractivity contribution in [3.8, 4) is 10.7 Å². The summed E-state index contributed by atoms with van der Waals surface area (Å²) in [6, 6.07) is 4.05. The number of hydrogen-bond donors (Lipinski definition) is 2. The van der Waals surface area contributed by atoms with Crippen LogP contribution in [0, 0.1) is 0 Å². The molecule has 1 aliphatic heterocycles. The average Bonchev–Trinajstić information content (AvgIpc) is 3.13. The van der Waals surface area contributed by atoms with Crippen LogP contribution in [0.1, 0.15) is 24.3 Å². The van der Waals surface area contributed by atoms with Gasteiger partial charge in [0.25, 0.3) is 0 Å². The number of anilines is 1. The van der Waals surface area contributed by atoms with Gasteiger partial charge >= 0.3 is 0 Å². The van der Waals surface area contributed by atoms with Crippen LogP contribution in [0.2, 0.25) is 0 Å². The van der Waals surface area contributed by atoms with Gasteiger partial charge < -0.3 is 15.6 Å². The fourth-order valence-electron chi connectivity index (χ4n) is 3.21. The maximum absolute atomic E-state index is 6.02. The molecule has 0 aromatic carbocycles. The zero-order chi connectivity index (χ0) is 15.1. The Labute approximate surface area is 133 Å². The van der Waals surface area contributed by atoms with Crippen LogP contribution < -0.4 is 5.73 Å². The summed E-state index contributed by atoms with van der Waals surface area (Å²) in [6.45, 7) is 2.29. The number of aromatic amines is 1. The molecule has 0 bridgehead atoms. The number of piperidine rings is 1. The largest absolute Gasteiger partial charge is 0.397 e. The third-order valence-corrected chi connectivity index (χ3v) is 5.43. The summed E-state index contributed by atoms with van der Waals surface area (Å²) in [5.74, 6) is 1.41. The number of thiophene rings is 1. The second-order valence-corrected chi connectivity index (χ2v) is 6.88. The Kier molecular flexibility index (Phi) is 3.35. The van der Waals surface area contributed by atoms with E-state index in [4.69, 9.17) is 5.73 Å². The molecule has 4 rings (SSSR count). The molecule has 1 aliphatic rings. The van der Waals surface area contributed by atoms with E-state index in [0.29, 0.717) is 5.92 Å². The van der Waals surface area contributed by atoms with E-state index in [1.54, 1.807) is 11.3 Å². The van der Waals surface area contributed by atoms with Crippen LogP contribution in [0.25, 0.3) is 21.9 Å². The summed E-state index contributed by atoms with van der Waals surface area (Å²) < 4.78 is 0. The lowest BCUT2D eigenvalue weighted by Crippen LogP contribution is -2.29. The molecule has 0 amide bonds. The topological polar surface area (TPSA) is 70.8 Å². The molecule has 22 heavy (non-hydrogen) atoms. The van der Waals surface area contributed by atoms with Crippen LogP contribution in [-0.4, -0.2) is 40.0 Å². The van der Waals surface area contributed by atoms with Crippen LogP contribution in [0.4, 0.5) is 5.69 Å². The molecule has 1 fully saturated rings. The summed E-state index contributed by atoms with van der Waals surface area (Å²) in [5.41, 5.74) is 9.98. The predicted molar refractivity (Wildman–Crippen MR) is 91.1 cm³/mol. The smallest absolute Gasteiger partial charge is 0.178 e. The molecular weight excluding hydrogens is 294 g/mol. The van der Waals surface area contributed by atoms with Crippen molar-refractivity contribution in [1.82, 2.24) is 19.9 Å². The molecule has 114 valence electrons. The first-order chi connectivity index (χ1) is 10.7. The minimum atomic E-state index is 0.579. The van der Waals surface area contributed by atoms with E-state index in [2.05, 4.69) is 33.0 Å². The van der Waals surface area contributed by atoms with Gasteiger partial charge in [-0.2, -0.15) is 0 Å². The number of rotatable bonds is 2. The number of H-pyrrole nitrogens is 1. The molecular formula is C16H19N5S. The van der Waals surface area contributed by atoms with Gasteiger partial charge in [0.05, 0.1) is 16.1 Å². The van der Waals surface area contributed by atoms with Gasteiger partial charge in [0.15, 0.2) is 11.5 Å². The molecule has 0 aliphatic carbocycles. The highest BCUT2D eigenvalue weighted by molar-refractivity contribution is 7.14. The monoisotopic (exact) mass is 313 g/mol. The van der Waals surface area contributed by atoms with E-state index in [0.717, 1.165) is 40.6 Å². The molecule has 1 saturated heterocycles. The van der Waals surface area contributed by atoms with Gasteiger partial charge in [-0.1, -0.05) is 0 Å². The normalized spacial score (nSPS) is 17.3. The van der Waals surface area contributed by atoms with Crippen LogP contribution in [-0.2, 0) is 0 Å². The number of fused-ring (bicyclic) bond motifs is 1. The van der Waals surface area contributed by atoms with Crippen molar-refractivity contribution in [3.05, 3.63) is 29.3 Å². The SMILES string of the molecule is CN1CCC(c2ccnc3nc(-c4sccc4N)[nH]c23)CC1. The van der Waals surface area contributed by atoms with Gasteiger partial charge in [0.2, 0.25) is 0 Å². The van der Waals surface area contributed by atoms with Crippen molar-refractivity contribution in [2.75, 3.05) is 25.9 Å². The third-order valence-electron chi connectivity index (χ3n) is 4.49. The van der Waals surface area contributed by atoms with Gasteiger partial charge in [-0.05, 0) is 62.0 Å². The number of likely N-dealkylation sites (tertiary alicyclic amines) is 1. The van der Waals surface area contributed by atoms with E-state index in [9.17, 15) is 0 Å². The van der Waals surface area contributed by atoms with Gasteiger partial charge in [-0.3, -0.25) is 0 Å². The van der Waals surface area contributed by atoms with Crippen molar-refractivity contribution >= 4 is 28.2 Å². The Bertz CT molecular complexity index is 798. The number of imidazole rings is 1. The van der Waals surface area contributed by atoms with Crippen molar-refractivity contribution in [3.63, 3.8) is 0 Å². The van der Waals surface area contributed by atoms with Crippen molar-refractivity contribution in [2.24, 2.45) is 0 Å². The van der Waals surface area contributed by atoms with Gasteiger partial charge in [0, 0.05) is 6.20 Å². The second kappa shape index (κ2) is 5.37. The molecule has 3 aromatic rings. The minimum absolute atomic E-state index is 0.579. The van der Waals surface area contributed by atoms with Gasteiger partial charge in [0.1, 0.15) is 0 Å². The number of hydrogen-bond acceptors (Lipinski definition) is 5. The Morgan fingerprint density at radius 2 is 2.14 bits per heavy atom. The first kappa shape index (κ1) is 13.7. The molecule has 3 aromatic heterocycles. The Morgan fingerprint density at radius 1 is 1.32 bits per heavy atom. The number of nitrogens with two attached hydrogens (primary N) is 1. The van der Waals surface area contributed by atoms with Crippen molar-refractivity contribution < 1.29 is 0 Å². The van der Waals surface area contributed by atoms with Crippen LogP contribution in [0.3, 0.4) is 0 Å². The summed E-state index contributed by atoms with van der Waals surface area (Å²) >= 11 is 1.61. The third kappa shape index (κ3) is 2.28. The highest BCUT2D eigenvalue weighted by Gasteiger charge is 2.22. The molecule has 6 heteroatoms. The zero-order valence-electron chi connectivity index (χ0n) is 12.5. The molecule has 0 spiro atoms. The summed E-state index contributed by atoms with van der Waals surface area (Å²) in [6.07, 6.45) is 4.24. The number of nitrogens with one attached hydrogen (secondary N) is 1. The maximum Gasteiger partial charge on any atom is 0.178 e.